The van der Waals surface area contributed by atoms with E-state index in [-0.39, 0.29) is 19.0 Å². The Bertz CT molecular complexity index is 604. The van der Waals surface area contributed by atoms with E-state index in [0.29, 0.717) is 45.8 Å². The predicted molar refractivity (Wildman–Crippen MR) is 91.7 cm³/mol. The maximum Gasteiger partial charge on any atom is 0.253 e. The van der Waals surface area contributed by atoms with Gasteiger partial charge in [0.2, 0.25) is 5.91 Å². The summed E-state index contributed by atoms with van der Waals surface area (Å²) in [4.78, 5) is 28.2. The summed E-state index contributed by atoms with van der Waals surface area (Å²) in [6.07, 6.45) is 0.372. The van der Waals surface area contributed by atoms with Gasteiger partial charge in [0.05, 0.1) is 19.8 Å². The third kappa shape index (κ3) is 4.56. The standard InChI is InChI=1S/C18H25N3O4/c22-16(21-8-10-25-11-9-21)12-19-17(23)18(24)6-7-20(14-18)13-15-4-2-1-3-5-15/h1-5,24H,6-14H2,(H,19,23). The number of carbonyl (C=O) groups excluding carboxylic acids is 2. The van der Waals surface area contributed by atoms with Gasteiger partial charge in [0.25, 0.3) is 5.91 Å². The summed E-state index contributed by atoms with van der Waals surface area (Å²) in [5.74, 6) is -0.607. The number of nitrogens with zero attached hydrogens (tertiary/aromatic N) is 2. The molecule has 2 amide bonds. The Balaban J connectivity index is 1.47. The first kappa shape index (κ1) is 17.8. The van der Waals surface area contributed by atoms with Crippen molar-refractivity contribution in [2.45, 2.75) is 18.6 Å². The molecule has 0 aromatic heterocycles. The molecule has 0 bridgehead atoms. The van der Waals surface area contributed by atoms with Gasteiger partial charge < -0.3 is 20.1 Å². The van der Waals surface area contributed by atoms with Crippen molar-refractivity contribution in [3.63, 3.8) is 0 Å². The number of aliphatic hydroxyl groups is 1. The molecule has 2 N–H and O–H groups in total. The average Bonchev–Trinajstić information content (AvgIpc) is 3.03. The minimum atomic E-state index is -1.43. The molecule has 136 valence electrons. The number of benzene rings is 1. The summed E-state index contributed by atoms with van der Waals surface area (Å²) in [6, 6.07) is 9.96. The van der Waals surface area contributed by atoms with Crippen molar-refractivity contribution in [3.05, 3.63) is 35.9 Å². The van der Waals surface area contributed by atoms with Crippen LogP contribution in [0.25, 0.3) is 0 Å². The molecule has 0 aliphatic carbocycles. The Morgan fingerprint density at radius 2 is 1.88 bits per heavy atom. The van der Waals surface area contributed by atoms with Crippen molar-refractivity contribution in [1.82, 2.24) is 15.1 Å². The van der Waals surface area contributed by atoms with E-state index >= 15 is 0 Å². The Labute approximate surface area is 147 Å². The Kier molecular flexibility index (Phi) is 5.67. The van der Waals surface area contributed by atoms with E-state index in [0.717, 1.165) is 5.56 Å². The van der Waals surface area contributed by atoms with Gasteiger partial charge in [-0.3, -0.25) is 14.5 Å². The first-order valence-corrected chi connectivity index (χ1v) is 8.69. The molecule has 2 aliphatic heterocycles. The van der Waals surface area contributed by atoms with Crippen molar-refractivity contribution in [2.75, 3.05) is 45.9 Å². The monoisotopic (exact) mass is 347 g/mol. The molecule has 0 spiro atoms. The molecule has 1 aromatic rings. The maximum atomic E-state index is 12.4. The van der Waals surface area contributed by atoms with E-state index in [9.17, 15) is 14.7 Å². The first-order valence-electron chi connectivity index (χ1n) is 8.69. The zero-order valence-corrected chi connectivity index (χ0v) is 14.3. The zero-order valence-electron chi connectivity index (χ0n) is 14.3. The van der Waals surface area contributed by atoms with Crippen LogP contribution in [0.15, 0.2) is 30.3 Å². The quantitative estimate of drug-likeness (QED) is 0.757. The van der Waals surface area contributed by atoms with Crippen LogP contribution in [0.2, 0.25) is 0 Å². The number of likely N-dealkylation sites (tertiary alicyclic amines) is 1. The number of morpholine rings is 1. The Hall–Kier alpha value is -1.96. The lowest BCUT2D eigenvalue weighted by atomic mass is 10.0. The second-order valence-corrected chi connectivity index (χ2v) is 6.65. The lowest BCUT2D eigenvalue weighted by Crippen LogP contribution is -2.52. The highest BCUT2D eigenvalue weighted by molar-refractivity contribution is 5.89. The van der Waals surface area contributed by atoms with E-state index in [1.165, 1.54) is 0 Å². The molecule has 0 saturated carbocycles. The molecule has 7 heteroatoms. The fourth-order valence-corrected chi connectivity index (χ4v) is 3.28. The van der Waals surface area contributed by atoms with Gasteiger partial charge in [0, 0.05) is 32.7 Å². The largest absolute Gasteiger partial charge is 0.379 e. The molecule has 1 unspecified atom stereocenters. The van der Waals surface area contributed by atoms with Gasteiger partial charge in [-0.15, -0.1) is 0 Å². The summed E-state index contributed by atoms with van der Waals surface area (Å²) >= 11 is 0. The highest BCUT2D eigenvalue weighted by Gasteiger charge is 2.42. The molecular formula is C18H25N3O4. The number of carbonyl (C=O) groups is 2. The Morgan fingerprint density at radius 3 is 2.60 bits per heavy atom. The predicted octanol–water partition coefficient (Wildman–Crippen LogP) is -0.402. The van der Waals surface area contributed by atoms with Crippen LogP contribution in [0.5, 0.6) is 0 Å². The first-order chi connectivity index (χ1) is 12.1. The van der Waals surface area contributed by atoms with Crippen molar-refractivity contribution in [2.24, 2.45) is 0 Å². The van der Waals surface area contributed by atoms with Gasteiger partial charge >= 0.3 is 0 Å². The van der Waals surface area contributed by atoms with Gasteiger partial charge in [-0.05, 0) is 12.0 Å². The molecule has 2 fully saturated rings. The van der Waals surface area contributed by atoms with Gasteiger partial charge in [0.1, 0.15) is 0 Å². The minimum Gasteiger partial charge on any atom is -0.379 e. The fraction of sp³-hybridized carbons (Fsp3) is 0.556. The minimum absolute atomic E-state index is 0.0835. The molecule has 0 radical (unpaired) electrons. The van der Waals surface area contributed by atoms with Gasteiger partial charge in [0.15, 0.2) is 5.60 Å². The molecule has 2 saturated heterocycles. The topological polar surface area (TPSA) is 82.1 Å². The third-order valence-corrected chi connectivity index (χ3v) is 4.76. The summed E-state index contributed by atoms with van der Waals surface area (Å²) in [5, 5.41) is 13.2. The zero-order chi connectivity index (χ0) is 17.7. The van der Waals surface area contributed by atoms with Gasteiger partial charge in [-0.25, -0.2) is 0 Å². The summed E-state index contributed by atoms with van der Waals surface area (Å²) in [5.41, 5.74) is -0.283. The second kappa shape index (κ2) is 7.95. The second-order valence-electron chi connectivity index (χ2n) is 6.65. The lowest BCUT2D eigenvalue weighted by Gasteiger charge is -2.28. The lowest BCUT2D eigenvalue weighted by molar-refractivity contribution is -0.142. The van der Waals surface area contributed by atoms with Crippen molar-refractivity contribution in [1.29, 1.82) is 0 Å². The Morgan fingerprint density at radius 1 is 1.16 bits per heavy atom. The van der Waals surface area contributed by atoms with Crippen LogP contribution < -0.4 is 5.32 Å². The molecule has 3 rings (SSSR count). The summed E-state index contributed by atoms with van der Waals surface area (Å²) in [7, 11) is 0. The number of rotatable bonds is 5. The van der Waals surface area contributed by atoms with Crippen LogP contribution in [-0.4, -0.2) is 78.3 Å². The van der Waals surface area contributed by atoms with E-state index in [1.807, 2.05) is 30.3 Å². The van der Waals surface area contributed by atoms with Crippen molar-refractivity contribution >= 4 is 11.8 Å². The van der Waals surface area contributed by atoms with Crippen molar-refractivity contribution < 1.29 is 19.4 Å². The normalized spacial score (nSPS) is 24.3. The fourth-order valence-electron chi connectivity index (χ4n) is 3.28. The average molecular weight is 347 g/mol. The van der Waals surface area contributed by atoms with Crippen LogP contribution >= 0.6 is 0 Å². The number of amides is 2. The molecule has 1 aromatic carbocycles. The van der Waals surface area contributed by atoms with E-state index in [1.54, 1.807) is 4.90 Å². The van der Waals surface area contributed by atoms with Crippen LogP contribution in [0.3, 0.4) is 0 Å². The number of nitrogens with one attached hydrogen (secondary N) is 1. The van der Waals surface area contributed by atoms with Crippen LogP contribution in [0.1, 0.15) is 12.0 Å². The number of β-amino-alcohol motifs (C(OH)–C–C–N with tert-alkyl or cyclic N) is 1. The molecular weight excluding hydrogens is 322 g/mol. The van der Waals surface area contributed by atoms with E-state index in [4.69, 9.17) is 4.74 Å². The number of ether oxygens (including phenoxy) is 1. The molecule has 25 heavy (non-hydrogen) atoms. The highest BCUT2D eigenvalue weighted by atomic mass is 16.5. The molecule has 2 heterocycles. The van der Waals surface area contributed by atoms with Crippen LogP contribution in [0, 0.1) is 0 Å². The molecule has 2 aliphatic rings. The highest BCUT2D eigenvalue weighted by Crippen LogP contribution is 2.23. The van der Waals surface area contributed by atoms with Gasteiger partial charge in [-0.1, -0.05) is 30.3 Å². The van der Waals surface area contributed by atoms with Crippen molar-refractivity contribution in [3.8, 4) is 0 Å². The van der Waals surface area contributed by atoms with Crippen LogP contribution in [0.4, 0.5) is 0 Å². The van der Waals surface area contributed by atoms with E-state index < -0.39 is 11.5 Å². The summed E-state index contributed by atoms with van der Waals surface area (Å²) in [6.45, 7) is 3.68. The van der Waals surface area contributed by atoms with Gasteiger partial charge in [-0.2, -0.15) is 0 Å². The van der Waals surface area contributed by atoms with Crippen LogP contribution in [-0.2, 0) is 20.9 Å². The number of hydrogen-bond donors (Lipinski definition) is 2. The summed E-state index contributed by atoms with van der Waals surface area (Å²) < 4.78 is 5.21. The molecule has 7 nitrogen and oxygen atoms in total. The smallest absolute Gasteiger partial charge is 0.253 e. The SMILES string of the molecule is O=C(CNC(=O)C1(O)CCN(Cc2ccccc2)C1)N1CCOCC1. The number of hydrogen-bond acceptors (Lipinski definition) is 5. The molecule has 1 atom stereocenters. The maximum absolute atomic E-state index is 12.4. The van der Waals surface area contributed by atoms with E-state index in [2.05, 4.69) is 10.2 Å². The third-order valence-electron chi connectivity index (χ3n) is 4.76.